The monoisotopic (exact) mass is 372 g/mol. The zero-order chi connectivity index (χ0) is 19.3. The quantitative estimate of drug-likeness (QED) is 0.506. The Bertz CT molecular complexity index is 1060. The van der Waals surface area contributed by atoms with E-state index in [1.807, 2.05) is 30.3 Å². The molecule has 0 spiro atoms. The second-order valence-corrected chi connectivity index (χ2v) is 6.77. The zero-order valence-electron chi connectivity index (χ0n) is 15.4. The van der Waals surface area contributed by atoms with Crippen LogP contribution in [-0.4, -0.2) is 4.98 Å². The third-order valence-corrected chi connectivity index (χ3v) is 4.86. The van der Waals surface area contributed by atoms with Gasteiger partial charge < -0.3 is 10.5 Å². The van der Waals surface area contributed by atoms with Crippen LogP contribution in [0.2, 0.25) is 0 Å². The van der Waals surface area contributed by atoms with Gasteiger partial charge in [-0.25, -0.2) is 4.39 Å². The molecule has 1 unspecified atom stereocenters. The number of nitrogens with two attached hydrogens (primary N) is 1. The summed E-state index contributed by atoms with van der Waals surface area (Å²) >= 11 is 0. The van der Waals surface area contributed by atoms with Crippen molar-refractivity contribution in [3.8, 4) is 5.75 Å². The lowest BCUT2D eigenvalue weighted by molar-refractivity contribution is 0.302. The highest BCUT2D eigenvalue weighted by atomic mass is 19.1. The molecule has 2 N–H and O–H groups in total. The first-order valence-electron chi connectivity index (χ1n) is 9.24. The summed E-state index contributed by atoms with van der Waals surface area (Å²) in [5.41, 5.74) is 9.51. The molecule has 140 valence electrons. The van der Waals surface area contributed by atoms with Gasteiger partial charge in [-0.15, -0.1) is 0 Å². The Labute approximate surface area is 163 Å². The van der Waals surface area contributed by atoms with Gasteiger partial charge in [0.25, 0.3) is 0 Å². The summed E-state index contributed by atoms with van der Waals surface area (Å²) in [5, 5.41) is 2.28. The molecule has 0 bridgehead atoms. The maximum Gasteiger partial charge on any atom is 0.123 e. The number of aromatic nitrogens is 1. The van der Waals surface area contributed by atoms with Crippen molar-refractivity contribution in [1.29, 1.82) is 0 Å². The first-order chi connectivity index (χ1) is 13.7. The topological polar surface area (TPSA) is 48.1 Å². The van der Waals surface area contributed by atoms with Gasteiger partial charge in [-0.05, 0) is 58.7 Å². The van der Waals surface area contributed by atoms with Gasteiger partial charge >= 0.3 is 0 Å². The number of pyridine rings is 1. The van der Waals surface area contributed by atoms with Crippen molar-refractivity contribution in [2.45, 2.75) is 19.1 Å². The molecule has 0 saturated carbocycles. The fourth-order valence-electron chi connectivity index (χ4n) is 3.35. The van der Waals surface area contributed by atoms with Crippen molar-refractivity contribution in [2.24, 2.45) is 5.73 Å². The summed E-state index contributed by atoms with van der Waals surface area (Å²) in [5.74, 6) is 0.547. The van der Waals surface area contributed by atoms with E-state index in [9.17, 15) is 4.39 Å². The van der Waals surface area contributed by atoms with Crippen molar-refractivity contribution < 1.29 is 9.13 Å². The van der Waals surface area contributed by atoms with Crippen LogP contribution in [0.3, 0.4) is 0 Å². The number of fused-ring (bicyclic) bond motifs is 1. The fraction of sp³-hybridized carbons (Fsp3) is 0.125. The Balaban J connectivity index is 1.65. The van der Waals surface area contributed by atoms with E-state index in [2.05, 4.69) is 23.2 Å². The summed E-state index contributed by atoms with van der Waals surface area (Å²) in [6.45, 7) is 0.371. The zero-order valence-corrected chi connectivity index (χ0v) is 15.4. The number of hydrogen-bond acceptors (Lipinski definition) is 3. The van der Waals surface area contributed by atoms with Crippen LogP contribution in [-0.2, 0) is 13.0 Å². The van der Waals surface area contributed by atoms with E-state index in [1.165, 1.54) is 12.1 Å². The maximum atomic E-state index is 13.1. The number of rotatable bonds is 6. The molecule has 1 heterocycles. The third kappa shape index (κ3) is 4.02. The average molecular weight is 372 g/mol. The van der Waals surface area contributed by atoms with Gasteiger partial charge in [0.05, 0.1) is 0 Å². The molecule has 3 aromatic carbocycles. The lowest BCUT2D eigenvalue weighted by Crippen LogP contribution is -2.14. The highest BCUT2D eigenvalue weighted by Crippen LogP contribution is 2.32. The highest BCUT2D eigenvalue weighted by Gasteiger charge is 2.14. The van der Waals surface area contributed by atoms with Crippen molar-refractivity contribution in [2.75, 3.05) is 0 Å². The Hall–Kier alpha value is -3.24. The van der Waals surface area contributed by atoms with Crippen LogP contribution < -0.4 is 10.5 Å². The number of halogens is 1. The minimum Gasteiger partial charge on any atom is -0.489 e. The van der Waals surface area contributed by atoms with E-state index in [0.717, 1.165) is 33.2 Å². The lowest BCUT2D eigenvalue weighted by Gasteiger charge is -2.18. The molecule has 28 heavy (non-hydrogen) atoms. The van der Waals surface area contributed by atoms with E-state index in [0.29, 0.717) is 13.0 Å². The van der Waals surface area contributed by atoms with E-state index in [4.69, 9.17) is 10.5 Å². The summed E-state index contributed by atoms with van der Waals surface area (Å²) in [6.07, 6.45) is 4.15. The van der Waals surface area contributed by atoms with Crippen molar-refractivity contribution >= 4 is 10.8 Å². The summed E-state index contributed by atoms with van der Waals surface area (Å²) in [7, 11) is 0. The Morgan fingerprint density at radius 3 is 2.43 bits per heavy atom. The van der Waals surface area contributed by atoms with E-state index < -0.39 is 0 Å². The molecular formula is C24H21FN2O. The molecule has 0 aliphatic rings. The lowest BCUT2D eigenvalue weighted by atomic mass is 9.95. The van der Waals surface area contributed by atoms with Crippen LogP contribution in [0.25, 0.3) is 10.8 Å². The Morgan fingerprint density at radius 1 is 0.893 bits per heavy atom. The minimum absolute atomic E-state index is 0.165. The second-order valence-electron chi connectivity index (χ2n) is 6.77. The van der Waals surface area contributed by atoms with Gasteiger partial charge in [0.2, 0.25) is 0 Å². The average Bonchev–Trinajstić information content (AvgIpc) is 2.75. The molecule has 1 aromatic heterocycles. The first kappa shape index (κ1) is 18.1. The summed E-state index contributed by atoms with van der Waals surface area (Å²) in [4.78, 5) is 4.06. The van der Waals surface area contributed by atoms with Gasteiger partial charge in [0, 0.05) is 24.0 Å². The highest BCUT2D eigenvalue weighted by molar-refractivity contribution is 5.87. The Morgan fingerprint density at radius 2 is 1.64 bits per heavy atom. The van der Waals surface area contributed by atoms with Crippen LogP contribution in [0.5, 0.6) is 5.75 Å². The van der Waals surface area contributed by atoms with E-state index >= 15 is 0 Å². The molecule has 3 nitrogen and oxygen atoms in total. The van der Waals surface area contributed by atoms with E-state index in [-0.39, 0.29) is 11.9 Å². The molecule has 0 radical (unpaired) electrons. The SMILES string of the molecule is NC(Cc1c(OCc2ccc(F)cc2)ccc2ccccc12)c1ccncc1. The summed E-state index contributed by atoms with van der Waals surface area (Å²) in [6, 6.07) is 22.3. The second kappa shape index (κ2) is 8.19. The number of ether oxygens (including phenoxy) is 1. The third-order valence-electron chi connectivity index (χ3n) is 4.86. The van der Waals surface area contributed by atoms with Crippen LogP contribution in [0.15, 0.2) is 85.2 Å². The van der Waals surface area contributed by atoms with Crippen molar-refractivity contribution in [3.05, 3.63) is 108 Å². The normalized spacial score (nSPS) is 12.1. The predicted molar refractivity (Wildman–Crippen MR) is 110 cm³/mol. The molecular weight excluding hydrogens is 351 g/mol. The standard InChI is InChI=1S/C24H21FN2O/c25-20-8-5-17(6-9-20)16-28-24-10-7-18-3-1-2-4-21(18)22(24)15-23(26)19-11-13-27-14-12-19/h1-14,23H,15-16,26H2. The number of nitrogens with zero attached hydrogens (tertiary/aromatic N) is 1. The molecule has 4 rings (SSSR count). The smallest absolute Gasteiger partial charge is 0.123 e. The van der Waals surface area contributed by atoms with Gasteiger partial charge in [0.15, 0.2) is 0 Å². The molecule has 0 aliphatic heterocycles. The van der Waals surface area contributed by atoms with Crippen LogP contribution in [0, 0.1) is 5.82 Å². The Kier molecular flexibility index (Phi) is 5.31. The van der Waals surface area contributed by atoms with Crippen molar-refractivity contribution in [3.63, 3.8) is 0 Å². The predicted octanol–water partition coefficient (Wildman–Crippen LogP) is 5.20. The van der Waals surface area contributed by atoms with Crippen LogP contribution in [0.4, 0.5) is 4.39 Å². The molecule has 0 fully saturated rings. The van der Waals surface area contributed by atoms with Crippen molar-refractivity contribution in [1.82, 2.24) is 4.98 Å². The number of benzene rings is 3. The van der Waals surface area contributed by atoms with Gasteiger partial charge in [-0.1, -0.05) is 42.5 Å². The molecule has 4 heteroatoms. The largest absolute Gasteiger partial charge is 0.489 e. The molecule has 0 aliphatic carbocycles. The number of hydrogen-bond donors (Lipinski definition) is 1. The molecule has 4 aromatic rings. The molecule has 0 saturated heterocycles. The molecule has 0 amide bonds. The van der Waals surface area contributed by atoms with Gasteiger partial charge in [-0.2, -0.15) is 0 Å². The van der Waals surface area contributed by atoms with Crippen LogP contribution >= 0.6 is 0 Å². The summed E-state index contributed by atoms with van der Waals surface area (Å²) < 4.78 is 19.3. The fourth-order valence-corrected chi connectivity index (χ4v) is 3.35. The molecule has 1 atom stereocenters. The van der Waals surface area contributed by atoms with E-state index in [1.54, 1.807) is 24.5 Å². The maximum absolute atomic E-state index is 13.1. The van der Waals surface area contributed by atoms with Gasteiger partial charge in [-0.3, -0.25) is 4.98 Å². The first-order valence-corrected chi connectivity index (χ1v) is 9.24. The van der Waals surface area contributed by atoms with Crippen LogP contribution in [0.1, 0.15) is 22.7 Å². The van der Waals surface area contributed by atoms with Gasteiger partial charge in [0.1, 0.15) is 18.2 Å². The minimum atomic E-state index is -0.251.